The molecule has 0 bridgehead atoms. The molecule has 2 aromatic carbocycles. The summed E-state index contributed by atoms with van der Waals surface area (Å²) in [5.74, 6) is -1.30. The van der Waals surface area contributed by atoms with E-state index in [-0.39, 0.29) is 12.3 Å². The number of aliphatic carboxylic acids is 1. The highest BCUT2D eigenvalue weighted by Crippen LogP contribution is 2.31. The first-order valence-electron chi connectivity index (χ1n) is 7.38. The Morgan fingerprint density at radius 2 is 2.04 bits per heavy atom. The van der Waals surface area contributed by atoms with Crippen molar-refractivity contribution in [2.45, 2.75) is 18.8 Å². The molecule has 0 aromatic heterocycles. The first-order valence-corrected chi connectivity index (χ1v) is 7.38. The Hall–Kier alpha value is -2.95. The minimum Gasteiger partial charge on any atom is -0.481 e. The number of nitrogens with zero attached hydrogens (tertiary/aromatic N) is 1. The number of amides is 1. The topological polar surface area (TPSA) is 78.8 Å². The molecule has 0 spiro atoms. The summed E-state index contributed by atoms with van der Waals surface area (Å²) in [7, 11) is 0. The number of para-hydroxylation sites is 1. The Labute approximate surface area is 133 Å². The fraction of sp³-hybridized carbons (Fsp3) is 0.167. The summed E-state index contributed by atoms with van der Waals surface area (Å²) in [6.07, 6.45) is 2.19. The van der Waals surface area contributed by atoms with Crippen molar-refractivity contribution in [1.29, 1.82) is 0 Å². The number of hydrogen-bond acceptors (Lipinski definition) is 3. The molecule has 1 heterocycles. The van der Waals surface area contributed by atoms with Gasteiger partial charge in [0.1, 0.15) is 5.92 Å². The number of carboxylic acids is 1. The van der Waals surface area contributed by atoms with Gasteiger partial charge in [0.2, 0.25) is 5.91 Å². The van der Waals surface area contributed by atoms with E-state index < -0.39 is 11.9 Å². The van der Waals surface area contributed by atoms with E-state index in [2.05, 4.69) is 10.3 Å². The molecular formula is C18H16N2O3. The molecule has 0 aliphatic carbocycles. The van der Waals surface area contributed by atoms with E-state index in [1.165, 1.54) is 0 Å². The van der Waals surface area contributed by atoms with Crippen LogP contribution in [0.1, 0.15) is 23.5 Å². The van der Waals surface area contributed by atoms with Gasteiger partial charge in [0.25, 0.3) is 0 Å². The summed E-state index contributed by atoms with van der Waals surface area (Å²) in [5.41, 5.74) is 3.37. The van der Waals surface area contributed by atoms with Gasteiger partial charge in [-0.2, -0.15) is 0 Å². The standard InChI is InChI=1S/C18H16N2O3/c21-17(22)9-8-12-4-3-5-13(10-12)19-11-15-14-6-1-2-7-16(14)20-18(15)23/h1-7,10-11,15H,8-9H2,(H,20,23)(H,21,22). The summed E-state index contributed by atoms with van der Waals surface area (Å²) >= 11 is 0. The molecule has 1 aliphatic heterocycles. The van der Waals surface area contributed by atoms with Crippen LogP contribution in [0.15, 0.2) is 53.5 Å². The number of anilines is 1. The number of hydrogen-bond donors (Lipinski definition) is 2. The van der Waals surface area contributed by atoms with Gasteiger partial charge in [0.05, 0.1) is 5.69 Å². The lowest BCUT2D eigenvalue weighted by molar-refractivity contribution is -0.137. The second kappa shape index (κ2) is 6.44. The van der Waals surface area contributed by atoms with E-state index in [4.69, 9.17) is 5.11 Å². The average Bonchev–Trinajstić information content (AvgIpc) is 2.87. The van der Waals surface area contributed by atoms with Crippen LogP contribution in [0.2, 0.25) is 0 Å². The van der Waals surface area contributed by atoms with Crippen LogP contribution in [0.3, 0.4) is 0 Å². The maximum Gasteiger partial charge on any atom is 0.303 e. The first-order chi connectivity index (χ1) is 11.1. The van der Waals surface area contributed by atoms with Crippen LogP contribution < -0.4 is 5.32 Å². The van der Waals surface area contributed by atoms with Gasteiger partial charge in [0.15, 0.2) is 0 Å². The quantitative estimate of drug-likeness (QED) is 0.833. The van der Waals surface area contributed by atoms with Gasteiger partial charge >= 0.3 is 5.97 Å². The number of carbonyl (C=O) groups is 2. The summed E-state index contributed by atoms with van der Waals surface area (Å²) in [6.45, 7) is 0. The number of benzene rings is 2. The summed E-state index contributed by atoms with van der Waals surface area (Å²) in [5, 5.41) is 11.6. The molecule has 0 radical (unpaired) electrons. The summed E-state index contributed by atoms with van der Waals surface area (Å²) in [4.78, 5) is 27.1. The zero-order chi connectivity index (χ0) is 16.2. The molecule has 1 amide bonds. The van der Waals surface area contributed by atoms with Crippen LogP contribution in [0.4, 0.5) is 11.4 Å². The van der Waals surface area contributed by atoms with Crippen LogP contribution in [0.25, 0.3) is 0 Å². The maximum absolute atomic E-state index is 12.0. The van der Waals surface area contributed by atoms with E-state index in [1.54, 1.807) is 6.21 Å². The number of aryl methyl sites for hydroxylation is 1. The van der Waals surface area contributed by atoms with Gasteiger partial charge < -0.3 is 10.4 Å². The molecule has 2 N–H and O–H groups in total. The molecule has 1 unspecified atom stereocenters. The van der Waals surface area contributed by atoms with E-state index in [1.807, 2.05) is 48.5 Å². The predicted octanol–water partition coefficient (Wildman–Crippen LogP) is 3.14. The lowest BCUT2D eigenvalue weighted by Gasteiger charge is -2.03. The smallest absolute Gasteiger partial charge is 0.303 e. The van der Waals surface area contributed by atoms with E-state index in [0.717, 1.165) is 16.8 Å². The molecular weight excluding hydrogens is 292 g/mol. The highest BCUT2D eigenvalue weighted by molar-refractivity contribution is 6.12. The number of fused-ring (bicyclic) bond motifs is 1. The van der Waals surface area contributed by atoms with Gasteiger partial charge in [-0.1, -0.05) is 30.3 Å². The molecule has 3 rings (SSSR count). The number of carbonyl (C=O) groups excluding carboxylic acids is 1. The second-order valence-electron chi connectivity index (χ2n) is 5.40. The normalized spacial score (nSPS) is 16.3. The zero-order valence-corrected chi connectivity index (χ0v) is 12.4. The fourth-order valence-corrected chi connectivity index (χ4v) is 2.59. The third-order valence-electron chi connectivity index (χ3n) is 3.75. The second-order valence-corrected chi connectivity index (χ2v) is 5.40. The maximum atomic E-state index is 12.0. The molecule has 0 saturated heterocycles. The molecule has 23 heavy (non-hydrogen) atoms. The van der Waals surface area contributed by atoms with Crippen LogP contribution in [-0.2, 0) is 16.0 Å². The lowest BCUT2D eigenvalue weighted by Crippen LogP contribution is -2.12. The summed E-state index contributed by atoms with van der Waals surface area (Å²) < 4.78 is 0. The zero-order valence-electron chi connectivity index (χ0n) is 12.4. The molecule has 1 atom stereocenters. The van der Waals surface area contributed by atoms with Crippen LogP contribution in [-0.4, -0.2) is 23.2 Å². The molecule has 116 valence electrons. The van der Waals surface area contributed by atoms with E-state index in [0.29, 0.717) is 12.1 Å². The highest BCUT2D eigenvalue weighted by atomic mass is 16.4. The predicted molar refractivity (Wildman–Crippen MR) is 88.4 cm³/mol. The Morgan fingerprint density at radius 3 is 2.87 bits per heavy atom. The Balaban J connectivity index is 1.77. The molecule has 2 aromatic rings. The summed E-state index contributed by atoms with van der Waals surface area (Å²) in [6, 6.07) is 14.9. The SMILES string of the molecule is O=C(O)CCc1cccc(N=CC2C(=O)Nc3ccccc32)c1. The van der Waals surface area contributed by atoms with Crippen molar-refractivity contribution in [2.24, 2.45) is 4.99 Å². The van der Waals surface area contributed by atoms with Crippen LogP contribution in [0, 0.1) is 0 Å². The van der Waals surface area contributed by atoms with Gasteiger partial charge in [-0.15, -0.1) is 0 Å². The number of aliphatic imine (C=N–C) groups is 1. The van der Waals surface area contributed by atoms with Crippen molar-refractivity contribution in [3.8, 4) is 0 Å². The third kappa shape index (κ3) is 3.45. The largest absolute Gasteiger partial charge is 0.481 e. The van der Waals surface area contributed by atoms with Crippen molar-refractivity contribution in [2.75, 3.05) is 5.32 Å². The van der Waals surface area contributed by atoms with Crippen molar-refractivity contribution in [1.82, 2.24) is 0 Å². The fourth-order valence-electron chi connectivity index (χ4n) is 2.59. The molecule has 0 saturated carbocycles. The van der Waals surface area contributed by atoms with Gasteiger partial charge in [-0.3, -0.25) is 14.6 Å². The molecule has 0 fully saturated rings. The number of nitrogens with one attached hydrogen (secondary N) is 1. The van der Waals surface area contributed by atoms with E-state index >= 15 is 0 Å². The van der Waals surface area contributed by atoms with Crippen molar-refractivity contribution in [3.63, 3.8) is 0 Å². The Morgan fingerprint density at radius 1 is 1.22 bits per heavy atom. The average molecular weight is 308 g/mol. The van der Waals surface area contributed by atoms with Crippen molar-refractivity contribution < 1.29 is 14.7 Å². The molecule has 5 nitrogen and oxygen atoms in total. The van der Waals surface area contributed by atoms with Gasteiger partial charge in [-0.05, 0) is 35.7 Å². The monoisotopic (exact) mass is 308 g/mol. The third-order valence-corrected chi connectivity index (χ3v) is 3.75. The first kappa shape index (κ1) is 15.0. The minimum atomic E-state index is -0.821. The number of rotatable bonds is 5. The Bertz CT molecular complexity index is 783. The minimum absolute atomic E-state index is 0.0861. The Kier molecular flexibility index (Phi) is 4.19. The van der Waals surface area contributed by atoms with Gasteiger partial charge in [0, 0.05) is 18.3 Å². The van der Waals surface area contributed by atoms with Crippen molar-refractivity contribution >= 4 is 29.5 Å². The lowest BCUT2D eigenvalue weighted by atomic mass is 10.0. The molecule has 5 heteroatoms. The van der Waals surface area contributed by atoms with Crippen LogP contribution in [0.5, 0.6) is 0 Å². The van der Waals surface area contributed by atoms with Gasteiger partial charge in [-0.25, -0.2) is 0 Å². The molecule has 1 aliphatic rings. The number of carboxylic acid groups (broad SMARTS) is 1. The van der Waals surface area contributed by atoms with Crippen LogP contribution >= 0.6 is 0 Å². The highest BCUT2D eigenvalue weighted by Gasteiger charge is 2.28. The van der Waals surface area contributed by atoms with Crippen molar-refractivity contribution in [3.05, 3.63) is 59.7 Å². The van der Waals surface area contributed by atoms with E-state index in [9.17, 15) is 9.59 Å².